The molecule has 0 aromatic rings. The van der Waals surface area contributed by atoms with Gasteiger partial charge in [0.05, 0.1) is 12.5 Å². The summed E-state index contributed by atoms with van der Waals surface area (Å²) in [5.41, 5.74) is 0. The lowest BCUT2D eigenvalue weighted by Gasteiger charge is -2.49. The molecule has 7 nitrogen and oxygen atoms in total. The van der Waals surface area contributed by atoms with Crippen LogP contribution in [0.3, 0.4) is 0 Å². The van der Waals surface area contributed by atoms with Gasteiger partial charge in [-0.15, -0.1) is 0 Å². The van der Waals surface area contributed by atoms with Crippen molar-refractivity contribution in [2.24, 2.45) is 0 Å². The highest BCUT2D eigenvalue weighted by molar-refractivity contribution is 5.76. The van der Waals surface area contributed by atoms with E-state index in [2.05, 4.69) is 19.1 Å². The molecule has 222 valence electrons. The summed E-state index contributed by atoms with van der Waals surface area (Å²) in [5.74, 6) is -3.83. The molecule has 0 radical (unpaired) electrons. The van der Waals surface area contributed by atoms with Gasteiger partial charge >= 0.3 is 11.9 Å². The zero-order chi connectivity index (χ0) is 28.8. The molecule has 0 aliphatic carbocycles. The third-order valence-corrected chi connectivity index (χ3v) is 8.28. The number of carbonyl (C=O) groups is 3. The molecular weight excluding hydrogens is 482 g/mol. The number of unbranched alkanes of at least 4 members (excludes halogenated alkanes) is 16. The Morgan fingerprint density at radius 3 is 1.29 bits per heavy atom. The minimum absolute atomic E-state index is 0.176. The molecule has 0 aliphatic rings. The minimum atomic E-state index is -1.42. The molecule has 0 aromatic heterocycles. The maximum Gasteiger partial charge on any atom is 0.362 e. The standard InChI is InChI=1S/C31H57NO6/c1-5-6-7-8-9-10-11-12-13-14-15-16-17-18-19-20-21-22-23-24-25-32(26(2)29(33)34,27(3)30(35)36)28(4)31(37)38/h17-18,26-28H,5-16,19-25H2,1-4H3,(H2-,33,34,35,36,37,38)/b18-17+. The zero-order valence-electron chi connectivity index (χ0n) is 24.8. The molecular formula is C31H57NO6. The number of nitrogens with zero attached hydrogens (tertiary/aromatic N) is 1. The molecule has 38 heavy (non-hydrogen) atoms. The Kier molecular flexibility index (Phi) is 20.9. The number of carboxylic acid groups (broad SMARTS) is 3. The van der Waals surface area contributed by atoms with Gasteiger partial charge in [0.2, 0.25) is 0 Å². The molecule has 0 amide bonds. The number of carboxylic acids is 3. The number of allylic oxidation sites excluding steroid dienone is 2. The number of hydrogen-bond donors (Lipinski definition) is 2. The largest absolute Gasteiger partial charge is 0.544 e. The average Bonchev–Trinajstić information content (AvgIpc) is 2.88. The lowest BCUT2D eigenvalue weighted by atomic mass is 10.00. The van der Waals surface area contributed by atoms with Crippen LogP contribution < -0.4 is 5.11 Å². The van der Waals surface area contributed by atoms with Gasteiger partial charge in [0.1, 0.15) is 6.04 Å². The summed E-state index contributed by atoms with van der Waals surface area (Å²) in [5, 5.41) is 30.9. The van der Waals surface area contributed by atoms with Crippen molar-refractivity contribution in [3.05, 3.63) is 12.2 Å². The summed E-state index contributed by atoms with van der Waals surface area (Å²) >= 11 is 0. The molecule has 0 spiro atoms. The van der Waals surface area contributed by atoms with Gasteiger partial charge in [0.25, 0.3) is 0 Å². The third-order valence-electron chi connectivity index (χ3n) is 8.28. The second-order valence-electron chi connectivity index (χ2n) is 11.1. The van der Waals surface area contributed by atoms with E-state index in [1.165, 1.54) is 91.4 Å². The van der Waals surface area contributed by atoms with Gasteiger partial charge in [-0.2, -0.15) is 0 Å². The first-order chi connectivity index (χ1) is 18.1. The van der Waals surface area contributed by atoms with E-state index < -0.39 is 40.5 Å². The van der Waals surface area contributed by atoms with Crippen molar-refractivity contribution in [3.8, 4) is 0 Å². The Hall–Kier alpha value is -1.89. The van der Waals surface area contributed by atoms with Gasteiger partial charge in [0, 0.05) is 0 Å². The summed E-state index contributed by atoms with van der Waals surface area (Å²) < 4.78 is -0.547. The predicted octanol–water partition coefficient (Wildman–Crippen LogP) is 6.49. The first-order valence-electron chi connectivity index (χ1n) is 15.3. The van der Waals surface area contributed by atoms with Crippen molar-refractivity contribution in [1.82, 2.24) is 0 Å². The van der Waals surface area contributed by atoms with Crippen LogP contribution in [-0.2, 0) is 14.4 Å². The van der Waals surface area contributed by atoms with E-state index in [9.17, 15) is 29.7 Å². The minimum Gasteiger partial charge on any atom is -0.544 e. The molecule has 3 atom stereocenters. The number of carbonyl (C=O) groups excluding carboxylic acids is 1. The Labute approximate surface area is 232 Å². The lowest BCUT2D eigenvalue weighted by molar-refractivity contribution is -0.969. The summed E-state index contributed by atoms with van der Waals surface area (Å²) in [6, 6.07) is -3.57. The van der Waals surface area contributed by atoms with E-state index in [1.54, 1.807) is 0 Å². The Balaban J connectivity index is 4.13. The highest BCUT2D eigenvalue weighted by Crippen LogP contribution is 2.27. The van der Waals surface area contributed by atoms with Crippen LogP contribution >= 0.6 is 0 Å². The highest BCUT2D eigenvalue weighted by Gasteiger charge is 2.50. The van der Waals surface area contributed by atoms with E-state index in [-0.39, 0.29) is 6.54 Å². The molecule has 0 aromatic carbocycles. The highest BCUT2D eigenvalue weighted by atomic mass is 16.4. The maximum absolute atomic E-state index is 11.8. The fourth-order valence-electron chi connectivity index (χ4n) is 5.53. The molecule has 0 rings (SSSR count). The normalized spacial score (nSPS) is 15.7. The molecule has 0 bridgehead atoms. The topological polar surface area (TPSA) is 115 Å². The van der Waals surface area contributed by atoms with Crippen molar-refractivity contribution < 1.29 is 34.2 Å². The van der Waals surface area contributed by atoms with Crippen LogP contribution in [0.1, 0.15) is 143 Å². The van der Waals surface area contributed by atoms with Crippen molar-refractivity contribution in [1.29, 1.82) is 0 Å². The first kappa shape index (κ1) is 36.1. The second-order valence-corrected chi connectivity index (χ2v) is 11.1. The summed E-state index contributed by atoms with van der Waals surface area (Å²) in [7, 11) is 0. The van der Waals surface area contributed by atoms with Crippen LogP contribution in [0.4, 0.5) is 0 Å². The quantitative estimate of drug-likeness (QED) is 0.0738. The van der Waals surface area contributed by atoms with Gasteiger partial charge in [-0.25, -0.2) is 9.59 Å². The first-order valence-corrected chi connectivity index (χ1v) is 15.3. The van der Waals surface area contributed by atoms with Gasteiger partial charge in [-0.3, -0.25) is 4.48 Å². The molecule has 0 heterocycles. The SMILES string of the molecule is CCCCCCCCCCCCC/C=C/CCCCCCC[N+](C(C)C(=O)[O-])(C(C)C(=O)O)C(C)C(=O)O. The molecule has 0 aliphatic heterocycles. The Morgan fingerprint density at radius 2 is 0.947 bits per heavy atom. The Morgan fingerprint density at radius 1 is 0.605 bits per heavy atom. The fourth-order valence-corrected chi connectivity index (χ4v) is 5.53. The average molecular weight is 540 g/mol. The number of aliphatic carboxylic acids is 3. The van der Waals surface area contributed by atoms with Crippen LogP contribution in [0.15, 0.2) is 12.2 Å². The van der Waals surface area contributed by atoms with Crippen molar-refractivity contribution >= 4 is 17.9 Å². The zero-order valence-corrected chi connectivity index (χ0v) is 24.8. The molecule has 0 saturated carbocycles. The van der Waals surface area contributed by atoms with Gasteiger partial charge < -0.3 is 20.1 Å². The van der Waals surface area contributed by atoms with E-state index in [0.717, 1.165) is 38.5 Å². The van der Waals surface area contributed by atoms with E-state index >= 15 is 0 Å². The van der Waals surface area contributed by atoms with Crippen LogP contribution in [0.5, 0.6) is 0 Å². The van der Waals surface area contributed by atoms with Crippen LogP contribution in [0, 0.1) is 0 Å². The van der Waals surface area contributed by atoms with Gasteiger partial charge in [0.15, 0.2) is 12.1 Å². The van der Waals surface area contributed by atoms with Crippen molar-refractivity contribution in [3.63, 3.8) is 0 Å². The monoisotopic (exact) mass is 539 g/mol. The summed E-state index contributed by atoms with van der Waals surface area (Å²) in [6.45, 7) is 6.58. The third kappa shape index (κ3) is 14.3. The van der Waals surface area contributed by atoms with Gasteiger partial charge in [-0.05, 0) is 59.3 Å². The van der Waals surface area contributed by atoms with Crippen LogP contribution in [0.2, 0.25) is 0 Å². The molecule has 2 N–H and O–H groups in total. The van der Waals surface area contributed by atoms with Gasteiger partial charge in [-0.1, -0.05) is 96.1 Å². The number of hydrogen-bond acceptors (Lipinski definition) is 4. The van der Waals surface area contributed by atoms with E-state index in [1.807, 2.05) is 0 Å². The molecule has 0 fully saturated rings. The molecule has 0 saturated heterocycles. The van der Waals surface area contributed by atoms with Crippen LogP contribution in [0.25, 0.3) is 0 Å². The smallest absolute Gasteiger partial charge is 0.362 e. The van der Waals surface area contributed by atoms with Crippen LogP contribution in [-0.4, -0.2) is 57.3 Å². The lowest BCUT2D eigenvalue weighted by Crippen LogP contribution is -2.72. The number of quaternary nitrogens is 1. The molecule has 7 heteroatoms. The summed E-state index contributed by atoms with van der Waals surface area (Å²) in [6.07, 6.45) is 26.2. The fraction of sp³-hybridized carbons (Fsp3) is 0.839. The summed E-state index contributed by atoms with van der Waals surface area (Å²) in [4.78, 5) is 35.3. The maximum atomic E-state index is 11.8. The Bertz CT molecular complexity index is 627. The van der Waals surface area contributed by atoms with Crippen molar-refractivity contribution in [2.45, 2.75) is 161 Å². The number of rotatable bonds is 26. The van der Waals surface area contributed by atoms with E-state index in [4.69, 9.17) is 0 Å². The van der Waals surface area contributed by atoms with E-state index in [0.29, 0.717) is 6.42 Å². The van der Waals surface area contributed by atoms with Crippen molar-refractivity contribution in [2.75, 3.05) is 6.54 Å². The second kappa shape index (κ2) is 22.0. The predicted molar refractivity (Wildman–Crippen MR) is 152 cm³/mol. The molecule has 3 unspecified atom stereocenters.